The molecular weight excluding hydrogens is 172 g/mol. The summed E-state index contributed by atoms with van der Waals surface area (Å²) in [5, 5.41) is 7.57. The number of aliphatic hydroxyl groups is 1. The highest BCUT2D eigenvalue weighted by molar-refractivity contribution is 5.35. The van der Waals surface area contributed by atoms with E-state index in [9.17, 15) is 0 Å². The Hall–Kier alpha value is -0.820. The van der Waals surface area contributed by atoms with Crippen LogP contribution >= 0.6 is 0 Å². The van der Waals surface area contributed by atoms with Crippen LogP contribution in [0, 0.1) is 5.92 Å². The zero-order chi connectivity index (χ0) is 10.6. The minimum atomic E-state index is 0.250. The lowest BCUT2D eigenvalue weighted by atomic mass is 9.97. The second kappa shape index (κ2) is 5.16. The van der Waals surface area contributed by atoms with Gasteiger partial charge in [-0.2, -0.15) is 0 Å². The number of rotatable bonds is 0. The van der Waals surface area contributed by atoms with Crippen LogP contribution in [0.5, 0.6) is 0 Å². The lowest BCUT2D eigenvalue weighted by molar-refractivity contribution is 0.318. The average molecular weight is 192 g/mol. The van der Waals surface area contributed by atoms with Crippen LogP contribution in [-0.2, 0) is 6.42 Å². The van der Waals surface area contributed by atoms with Crippen LogP contribution in [0.2, 0.25) is 0 Å². The fraction of sp³-hybridized carbons (Fsp3) is 0.538. The van der Waals surface area contributed by atoms with Gasteiger partial charge in [-0.05, 0) is 36.3 Å². The van der Waals surface area contributed by atoms with Gasteiger partial charge in [-0.1, -0.05) is 38.1 Å². The Kier molecular flexibility index (Phi) is 4.15. The van der Waals surface area contributed by atoms with Gasteiger partial charge in [-0.3, -0.25) is 0 Å². The van der Waals surface area contributed by atoms with Crippen LogP contribution in [-0.4, -0.2) is 11.7 Å². The highest BCUT2D eigenvalue weighted by Crippen LogP contribution is 2.36. The summed E-state index contributed by atoms with van der Waals surface area (Å²) in [5.41, 5.74) is 3.13. The molecule has 0 fully saturated rings. The molecule has 2 atom stereocenters. The maximum atomic E-state index is 7.57. The first-order chi connectivity index (χ1) is 6.70. The van der Waals surface area contributed by atoms with Crippen LogP contribution in [0.3, 0.4) is 0 Å². The topological polar surface area (TPSA) is 20.2 Å². The fourth-order valence-electron chi connectivity index (χ4n) is 1.99. The van der Waals surface area contributed by atoms with Crippen molar-refractivity contribution >= 4 is 0 Å². The number of aliphatic hydroxyl groups excluding tert-OH is 1. The van der Waals surface area contributed by atoms with Crippen LogP contribution in [0.1, 0.15) is 37.8 Å². The molecule has 0 saturated carbocycles. The smallest absolute Gasteiger partial charge is 0.0402 e. The van der Waals surface area contributed by atoms with E-state index in [2.05, 4.69) is 38.1 Å². The SMILES string of the molecule is CCO.C[C@@H]1Cc2ccccc2[C@@H]1C. The van der Waals surface area contributed by atoms with E-state index >= 15 is 0 Å². The Labute approximate surface area is 86.8 Å². The van der Waals surface area contributed by atoms with E-state index in [0.29, 0.717) is 0 Å². The number of benzene rings is 1. The summed E-state index contributed by atoms with van der Waals surface area (Å²) in [6.45, 7) is 6.60. The van der Waals surface area contributed by atoms with Crippen molar-refractivity contribution < 1.29 is 5.11 Å². The maximum Gasteiger partial charge on any atom is 0.0402 e. The summed E-state index contributed by atoms with van der Waals surface area (Å²) in [6.07, 6.45) is 1.28. The molecular formula is C13H20O. The van der Waals surface area contributed by atoms with Crippen LogP contribution in [0.25, 0.3) is 0 Å². The van der Waals surface area contributed by atoms with Gasteiger partial charge in [0.2, 0.25) is 0 Å². The average Bonchev–Trinajstić information content (AvgIpc) is 2.45. The maximum absolute atomic E-state index is 7.57. The Balaban J connectivity index is 0.000000293. The van der Waals surface area contributed by atoms with Crippen molar-refractivity contribution in [3.05, 3.63) is 35.4 Å². The zero-order valence-corrected chi connectivity index (χ0v) is 9.33. The molecule has 0 heterocycles. The minimum Gasteiger partial charge on any atom is -0.397 e. The fourth-order valence-corrected chi connectivity index (χ4v) is 1.99. The predicted molar refractivity (Wildman–Crippen MR) is 60.5 cm³/mol. The highest BCUT2D eigenvalue weighted by atomic mass is 16.2. The molecule has 0 spiro atoms. The number of hydrogen-bond donors (Lipinski definition) is 1. The second-order valence-electron chi connectivity index (χ2n) is 3.99. The van der Waals surface area contributed by atoms with E-state index in [-0.39, 0.29) is 6.61 Å². The van der Waals surface area contributed by atoms with Crippen molar-refractivity contribution in [2.45, 2.75) is 33.1 Å². The molecule has 1 heteroatoms. The van der Waals surface area contributed by atoms with Crippen molar-refractivity contribution in [1.82, 2.24) is 0 Å². The third-order valence-corrected chi connectivity index (χ3v) is 2.94. The molecule has 1 N–H and O–H groups in total. The summed E-state index contributed by atoms with van der Waals surface area (Å²) in [6, 6.07) is 8.82. The van der Waals surface area contributed by atoms with Crippen LogP contribution in [0.4, 0.5) is 0 Å². The summed E-state index contributed by atoms with van der Waals surface area (Å²) in [7, 11) is 0. The molecule has 14 heavy (non-hydrogen) atoms. The molecule has 0 unspecified atom stereocenters. The molecule has 1 nitrogen and oxygen atoms in total. The molecule has 1 aromatic carbocycles. The Morgan fingerprint density at radius 3 is 2.43 bits per heavy atom. The largest absolute Gasteiger partial charge is 0.397 e. The van der Waals surface area contributed by atoms with Gasteiger partial charge in [0, 0.05) is 6.61 Å². The lowest BCUT2D eigenvalue weighted by Crippen LogP contribution is -1.97. The second-order valence-corrected chi connectivity index (χ2v) is 3.99. The predicted octanol–water partition coefficient (Wildman–Crippen LogP) is 2.98. The number of hydrogen-bond acceptors (Lipinski definition) is 1. The lowest BCUT2D eigenvalue weighted by Gasteiger charge is -2.08. The first-order valence-corrected chi connectivity index (χ1v) is 5.39. The van der Waals surface area contributed by atoms with Crippen LogP contribution in [0.15, 0.2) is 24.3 Å². The van der Waals surface area contributed by atoms with Gasteiger partial charge in [-0.15, -0.1) is 0 Å². The normalized spacial score (nSPS) is 23.7. The van der Waals surface area contributed by atoms with Crippen molar-refractivity contribution in [2.24, 2.45) is 5.92 Å². The zero-order valence-electron chi connectivity index (χ0n) is 9.33. The van der Waals surface area contributed by atoms with E-state index in [1.165, 1.54) is 6.42 Å². The van der Waals surface area contributed by atoms with E-state index < -0.39 is 0 Å². The third-order valence-electron chi connectivity index (χ3n) is 2.94. The van der Waals surface area contributed by atoms with Crippen LogP contribution < -0.4 is 0 Å². The van der Waals surface area contributed by atoms with Crippen molar-refractivity contribution in [1.29, 1.82) is 0 Å². The molecule has 0 saturated heterocycles. The third kappa shape index (κ3) is 2.36. The van der Waals surface area contributed by atoms with Crippen molar-refractivity contribution in [2.75, 3.05) is 6.61 Å². The van der Waals surface area contributed by atoms with Gasteiger partial charge < -0.3 is 5.11 Å². The Morgan fingerprint density at radius 2 is 1.86 bits per heavy atom. The van der Waals surface area contributed by atoms with Gasteiger partial charge >= 0.3 is 0 Å². The first kappa shape index (κ1) is 11.3. The quantitative estimate of drug-likeness (QED) is 0.670. The molecule has 0 aromatic heterocycles. The van der Waals surface area contributed by atoms with E-state index in [4.69, 9.17) is 5.11 Å². The van der Waals surface area contributed by atoms with E-state index in [1.54, 1.807) is 18.1 Å². The van der Waals surface area contributed by atoms with E-state index in [1.807, 2.05) is 0 Å². The summed E-state index contributed by atoms with van der Waals surface area (Å²) < 4.78 is 0. The van der Waals surface area contributed by atoms with Gasteiger partial charge in [0.05, 0.1) is 0 Å². The van der Waals surface area contributed by atoms with Gasteiger partial charge in [0.1, 0.15) is 0 Å². The minimum absolute atomic E-state index is 0.250. The highest BCUT2D eigenvalue weighted by Gasteiger charge is 2.24. The summed E-state index contributed by atoms with van der Waals surface area (Å²) in [5.74, 6) is 1.61. The molecule has 1 aliphatic carbocycles. The monoisotopic (exact) mass is 192 g/mol. The molecule has 0 radical (unpaired) electrons. The summed E-state index contributed by atoms with van der Waals surface area (Å²) in [4.78, 5) is 0. The molecule has 1 aromatic rings. The Bertz CT molecular complexity index is 280. The molecule has 2 rings (SSSR count). The van der Waals surface area contributed by atoms with Crippen molar-refractivity contribution in [3.8, 4) is 0 Å². The van der Waals surface area contributed by atoms with Gasteiger partial charge in [0.15, 0.2) is 0 Å². The summed E-state index contributed by atoms with van der Waals surface area (Å²) >= 11 is 0. The standard InChI is InChI=1S/C11H14.C2H6O/c1-8-7-10-5-3-4-6-11(10)9(8)2;1-2-3/h3-6,8-9H,7H2,1-2H3;3H,2H2,1H3/t8-,9-;/m1./s1. The first-order valence-electron chi connectivity index (χ1n) is 5.39. The molecule has 0 bridgehead atoms. The molecule has 0 aliphatic heterocycles. The van der Waals surface area contributed by atoms with Gasteiger partial charge in [0.25, 0.3) is 0 Å². The molecule has 78 valence electrons. The van der Waals surface area contributed by atoms with Gasteiger partial charge in [-0.25, -0.2) is 0 Å². The Morgan fingerprint density at radius 1 is 1.29 bits per heavy atom. The number of fused-ring (bicyclic) bond motifs is 1. The molecule has 0 amide bonds. The van der Waals surface area contributed by atoms with Crippen molar-refractivity contribution in [3.63, 3.8) is 0 Å². The van der Waals surface area contributed by atoms with E-state index in [0.717, 1.165) is 11.8 Å². The molecule has 1 aliphatic rings.